The van der Waals surface area contributed by atoms with Gasteiger partial charge in [0.25, 0.3) is 10.0 Å². The van der Waals surface area contributed by atoms with E-state index in [9.17, 15) is 13.2 Å². The summed E-state index contributed by atoms with van der Waals surface area (Å²) in [5, 5.41) is -0.140. The lowest BCUT2D eigenvalue weighted by Gasteiger charge is -2.16. The Morgan fingerprint density at radius 2 is 1.63 bits per heavy atom. The average molecular weight is 542 g/mol. The van der Waals surface area contributed by atoms with Gasteiger partial charge in [0.15, 0.2) is 10.8 Å². The predicted octanol–water partition coefficient (Wildman–Crippen LogP) is 3.78. The molecular formula is C26H31N5O6S. The minimum Gasteiger partial charge on any atom is -0.493 e. The van der Waals surface area contributed by atoms with Crippen LogP contribution in [0.3, 0.4) is 0 Å². The number of sulfonamides is 1. The minimum atomic E-state index is -4.04. The summed E-state index contributed by atoms with van der Waals surface area (Å²) in [6.07, 6.45) is 5.95. The molecule has 1 aliphatic carbocycles. The maximum atomic E-state index is 13.1. The van der Waals surface area contributed by atoms with E-state index in [-0.39, 0.29) is 22.2 Å². The Kier molecular flexibility index (Phi) is 6.82. The second-order valence-electron chi connectivity index (χ2n) is 9.57. The number of nitrogens with zero attached hydrogens (tertiary/aromatic N) is 4. The Balaban J connectivity index is 1.56. The molecule has 4 aromatic rings. The third-order valence-electron chi connectivity index (χ3n) is 6.31. The van der Waals surface area contributed by atoms with Gasteiger partial charge in [0.1, 0.15) is 17.2 Å². The van der Waals surface area contributed by atoms with Gasteiger partial charge in [0.2, 0.25) is 0 Å². The van der Waals surface area contributed by atoms with Crippen molar-refractivity contribution >= 4 is 26.7 Å². The van der Waals surface area contributed by atoms with Gasteiger partial charge < -0.3 is 18.8 Å². The molecule has 2 heterocycles. The highest BCUT2D eigenvalue weighted by Gasteiger charge is 2.24. The largest absolute Gasteiger partial charge is 0.493 e. The highest BCUT2D eigenvalue weighted by Crippen LogP contribution is 2.38. The molecule has 5 rings (SSSR count). The smallest absolute Gasteiger partial charge is 0.328 e. The van der Waals surface area contributed by atoms with E-state index in [0.29, 0.717) is 47.4 Å². The fourth-order valence-electron chi connectivity index (χ4n) is 4.03. The second-order valence-corrected chi connectivity index (χ2v) is 11.2. The summed E-state index contributed by atoms with van der Waals surface area (Å²) in [7, 11) is 0.920. The van der Waals surface area contributed by atoms with Crippen molar-refractivity contribution in [2.45, 2.75) is 31.2 Å². The number of imidazole rings is 2. The number of benzene rings is 2. The first kappa shape index (κ1) is 25.7. The number of hydrogen-bond donors (Lipinski definition) is 1. The van der Waals surface area contributed by atoms with E-state index in [2.05, 4.69) is 9.71 Å². The zero-order chi connectivity index (χ0) is 27.0. The van der Waals surface area contributed by atoms with Crippen molar-refractivity contribution in [3.63, 3.8) is 0 Å². The van der Waals surface area contributed by atoms with Gasteiger partial charge >= 0.3 is 5.69 Å². The van der Waals surface area contributed by atoms with Gasteiger partial charge in [-0.3, -0.25) is 13.9 Å². The van der Waals surface area contributed by atoms with Crippen LogP contribution < -0.4 is 24.6 Å². The van der Waals surface area contributed by atoms with Crippen molar-refractivity contribution < 1.29 is 22.6 Å². The third-order valence-corrected chi connectivity index (χ3v) is 7.56. The highest BCUT2D eigenvalue weighted by atomic mass is 32.2. The summed E-state index contributed by atoms with van der Waals surface area (Å²) in [5.74, 6) is 2.36. The van der Waals surface area contributed by atoms with Crippen molar-refractivity contribution in [1.29, 1.82) is 0 Å². The summed E-state index contributed by atoms with van der Waals surface area (Å²) >= 11 is 0. The van der Waals surface area contributed by atoms with Crippen molar-refractivity contribution in [1.82, 2.24) is 18.7 Å². The summed E-state index contributed by atoms with van der Waals surface area (Å²) in [6.45, 7) is 3.16. The van der Waals surface area contributed by atoms with E-state index >= 15 is 0 Å². The first-order valence-corrected chi connectivity index (χ1v) is 13.9. The number of fused-ring (bicyclic) bond motifs is 1. The number of nitrogens with one attached hydrogen (secondary N) is 1. The Hall–Kier alpha value is -3.93. The Morgan fingerprint density at radius 3 is 2.26 bits per heavy atom. The van der Waals surface area contributed by atoms with Gasteiger partial charge in [-0.25, -0.2) is 9.78 Å². The molecule has 11 nitrogen and oxygen atoms in total. The SMILES string of the molecule is CCCOc1cc(OCC2CC2)cc(Oc2cc3c(cc2NS(=O)(=O)c2cn(C)cn2)n(C)c(=O)n3C)c1. The molecule has 0 spiro atoms. The van der Waals surface area contributed by atoms with Crippen LogP contribution in [0, 0.1) is 5.92 Å². The van der Waals surface area contributed by atoms with Crippen molar-refractivity contribution in [2.24, 2.45) is 27.1 Å². The third kappa shape index (κ3) is 5.35. The number of aromatic nitrogens is 4. The van der Waals surface area contributed by atoms with Gasteiger partial charge in [0.05, 0.1) is 36.3 Å². The lowest BCUT2D eigenvalue weighted by Crippen LogP contribution is -2.19. The molecule has 0 atom stereocenters. The van der Waals surface area contributed by atoms with E-state index in [1.165, 1.54) is 21.7 Å². The molecule has 202 valence electrons. The number of aryl methyl sites for hydroxylation is 3. The standard InChI is InChI=1S/C26H31N5O6S/c1-5-8-35-18-9-19(36-15-17-6-7-17)11-20(10-18)37-24-13-23-22(30(3)26(32)31(23)4)12-21(24)28-38(33,34)25-14-29(2)16-27-25/h9-14,16-17,28H,5-8,15H2,1-4H3. The van der Waals surface area contributed by atoms with Gasteiger partial charge in [-0.2, -0.15) is 8.42 Å². The van der Waals surface area contributed by atoms with Crippen LogP contribution >= 0.6 is 0 Å². The van der Waals surface area contributed by atoms with Gasteiger partial charge in [-0.15, -0.1) is 0 Å². The second kappa shape index (κ2) is 10.1. The van der Waals surface area contributed by atoms with E-state index in [4.69, 9.17) is 14.2 Å². The number of hydrogen-bond acceptors (Lipinski definition) is 7. The predicted molar refractivity (Wildman–Crippen MR) is 143 cm³/mol. The molecule has 2 aromatic heterocycles. The van der Waals surface area contributed by atoms with E-state index in [1.807, 2.05) is 13.0 Å². The number of ether oxygens (including phenoxy) is 3. The lowest BCUT2D eigenvalue weighted by atomic mass is 10.2. The van der Waals surface area contributed by atoms with Crippen LogP contribution in [0.4, 0.5) is 5.69 Å². The minimum absolute atomic E-state index is 0.140. The molecule has 1 N–H and O–H groups in total. The molecule has 2 aromatic carbocycles. The summed E-state index contributed by atoms with van der Waals surface area (Å²) in [5.41, 5.74) is 1.03. The van der Waals surface area contributed by atoms with E-state index < -0.39 is 10.0 Å². The zero-order valence-corrected chi connectivity index (χ0v) is 22.6. The van der Waals surface area contributed by atoms with Gasteiger partial charge in [0, 0.05) is 51.6 Å². The molecule has 0 radical (unpaired) electrons. The monoisotopic (exact) mass is 541 g/mol. The fourth-order valence-corrected chi connectivity index (χ4v) is 5.08. The molecule has 0 amide bonds. The fraction of sp³-hybridized carbons (Fsp3) is 0.385. The van der Waals surface area contributed by atoms with Crippen LogP contribution in [0.15, 0.2) is 52.7 Å². The maximum absolute atomic E-state index is 13.1. The average Bonchev–Trinajstić information content (AvgIpc) is 3.57. The number of rotatable bonds is 11. The van der Waals surface area contributed by atoms with Gasteiger partial charge in [-0.05, 0) is 31.2 Å². The van der Waals surface area contributed by atoms with Crippen LogP contribution in [-0.2, 0) is 31.2 Å². The first-order chi connectivity index (χ1) is 18.1. The van der Waals surface area contributed by atoms with Crippen molar-refractivity contribution in [3.05, 3.63) is 53.3 Å². The Labute approximate surface area is 220 Å². The highest BCUT2D eigenvalue weighted by molar-refractivity contribution is 7.92. The molecule has 0 saturated heterocycles. The summed E-state index contributed by atoms with van der Waals surface area (Å²) in [6, 6.07) is 8.50. The Morgan fingerprint density at radius 1 is 0.974 bits per heavy atom. The molecule has 1 fully saturated rings. The molecular weight excluding hydrogens is 510 g/mol. The molecule has 1 aliphatic rings. The first-order valence-electron chi connectivity index (χ1n) is 12.4. The van der Waals surface area contributed by atoms with Crippen LogP contribution in [0.5, 0.6) is 23.0 Å². The molecule has 1 saturated carbocycles. The van der Waals surface area contributed by atoms with Crippen molar-refractivity contribution in [2.75, 3.05) is 17.9 Å². The van der Waals surface area contributed by atoms with E-state index in [0.717, 1.165) is 19.3 Å². The topological polar surface area (TPSA) is 119 Å². The molecule has 12 heteroatoms. The molecule has 0 aliphatic heterocycles. The maximum Gasteiger partial charge on any atom is 0.328 e. The lowest BCUT2D eigenvalue weighted by molar-refractivity contribution is 0.288. The molecule has 0 bridgehead atoms. The number of anilines is 1. The van der Waals surface area contributed by atoms with Crippen LogP contribution in [-0.4, -0.2) is 40.3 Å². The van der Waals surface area contributed by atoms with Crippen LogP contribution in [0.1, 0.15) is 26.2 Å². The molecule has 0 unspecified atom stereocenters. The van der Waals surface area contributed by atoms with Gasteiger partial charge in [-0.1, -0.05) is 6.92 Å². The Bertz CT molecular complexity index is 1650. The van der Waals surface area contributed by atoms with Crippen molar-refractivity contribution in [3.8, 4) is 23.0 Å². The molecule has 38 heavy (non-hydrogen) atoms. The summed E-state index contributed by atoms with van der Waals surface area (Å²) < 4.78 is 51.4. The van der Waals surface area contributed by atoms with Crippen LogP contribution in [0.25, 0.3) is 11.0 Å². The van der Waals surface area contributed by atoms with E-state index in [1.54, 1.807) is 50.0 Å². The van der Waals surface area contributed by atoms with Crippen LogP contribution in [0.2, 0.25) is 0 Å². The normalized spacial score (nSPS) is 13.6. The summed E-state index contributed by atoms with van der Waals surface area (Å²) in [4.78, 5) is 16.6. The quantitative estimate of drug-likeness (QED) is 0.307. The zero-order valence-electron chi connectivity index (χ0n) is 21.8.